The van der Waals surface area contributed by atoms with Gasteiger partial charge in [-0.2, -0.15) is 0 Å². The number of benzene rings is 3. The van der Waals surface area contributed by atoms with Crippen molar-refractivity contribution in [3.8, 4) is 0 Å². The Hall–Kier alpha value is -3.55. The molecule has 1 heterocycles. The molecule has 0 unspecified atom stereocenters. The Labute approximate surface area is 196 Å². The fraction of sp³-hybridized carbons (Fsp3) is 0.192. The Morgan fingerprint density at radius 1 is 0.879 bits per heavy atom. The molecule has 168 valence electrons. The first-order valence-corrected chi connectivity index (χ1v) is 11.2. The maximum atomic E-state index is 12.7. The van der Waals surface area contributed by atoms with Crippen molar-refractivity contribution in [1.82, 2.24) is 14.9 Å². The van der Waals surface area contributed by atoms with Gasteiger partial charge in [-0.1, -0.05) is 66.7 Å². The third-order valence-corrected chi connectivity index (χ3v) is 5.67. The molecule has 0 fully saturated rings. The number of amides is 1. The number of hydrogen-bond donors (Lipinski definition) is 2. The number of rotatable bonds is 9. The molecule has 4 rings (SSSR count). The van der Waals surface area contributed by atoms with Gasteiger partial charge < -0.3 is 15.0 Å². The molecule has 0 bridgehead atoms. The van der Waals surface area contributed by atoms with Gasteiger partial charge in [0, 0.05) is 19.5 Å². The SMILES string of the molecule is O=C(CCn1c(=S)[nH]c2ccccc2c1=O)NCc1ccc(COCc2ccccc2)cc1. The van der Waals surface area contributed by atoms with E-state index in [4.69, 9.17) is 17.0 Å². The fourth-order valence-corrected chi connectivity index (χ4v) is 3.80. The minimum atomic E-state index is -0.188. The summed E-state index contributed by atoms with van der Waals surface area (Å²) in [5.74, 6) is -0.139. The smallest absolute Gasteiger partial charge is 0.262 e. The summed E-state index contributed by atoms with van der Waals surface area (Å²) >= 11 is 5.30. The molecule has 0 radical (unpaired) electrons. The fourth-order valence-electron chi connectivity index (χ4n) is 3.52. The molecule has 33 heavy (non-hydrogen) atoms. The third kappa shape index (κ3) is 6.03. The van der Waals surface area contributed by atoms with Crippen LogP contribution in [0.1, 0.15) is 23.1 Å². The molecule has 0 aliphatic carbocycles. The Balaban J connectivity index is 1.25. The average molecular weight is 460 g/mol. The van der Waals surface area contributed by atoms with Gasteiger partial charge in [0.15, 0.2) is 4.77 Å². The second-order valence-corrected chi connectivity index (χ2v) is 8.14. The molecule has 1 amide bonds. The molecule has 0 aliphatic heterocycles. The van der Waals surface area contributed by atoms with E-state index in [-0.39, 0.29) is 24.4 Å². The van der Waals surface area contributed by atoms with Crippen LogP contribution in [0.25, 0.3) is 10.9 Å². The number of aromatic amines is 1. The number of nitrogens with one attached hydrogen (secondary N) is 2. The van der Waals surface area contributed by atoms with E-state index in [0.717, 1.165) is 16.7 Å². The van der Waals surface area contributed by atoms with Crippen LogP contribution >= 0.6 is 12.2 Å². The Morgan fingerprint density at radius 3 is 2.27 bits per heavy atom. The summed E-state index contributed by atoms with van der Waals surface area (Å²) in [5, 5.41) is 3.45. The summed E-state index contributed by atoms with van der Waals surface area (Å²) in [6.45, 7) is 1.75. The van der Waals surface area contributed by atoms with Crippen molar-refractivity contribution >= 4 is 29.0 Å². The van der Waals surface area contributed by atoms with E-state index in [1.807, 2.05) is 66.7 Å². The number of fused-ring (bicyclic) bond motifs is 1. The molecule has 3 aromatic carbocycles. The van der Waals surface area contributed by atoms with Crippen LogP contribution in [0.4, 0.5) is 0 Å². The predicted octanol–water partition coefficient (Wildman–Crippen LogP) is 4.48. The number of para-hydroxylation sites is 1. The summed E-state index contributed by atoms with van der Waals surface area (Å²) in [5.41, 5.74) is 3.72. The predicted molar refractivity (Wildman–Crippen MR) is 131 cm³/mol. The van der Waals surface area contributed by atoms with E-state index in [0.29, 0.717) is 35.4 Å². The lowest BCUT2D eigenvalue weighted by molar-refractivity contribution is -0.121. The number of H-pyrrole nitrogens is 1. The molecule has 4 aromatic rings. The first kappa shape index (κ1) is 22.6. The van der Waals surface area contributed by atoms with Crippen molar-refractivity contribution in [1.29, 1.82) is 0 Å². The summed E-state index contributed by atoms with van der Waals surface area (Å²) < 4.78 is 7.50. The summed E-state index contributed by atoms with van der Waals surface area (Å²) in [6.07, 6.45) is 0.168. The molecule has 0 atom stereocenters. The van der Waals surface area contributed by atoms with Crippen molar-refractivity contribution in [3.05, 3.63) is 111 Å². The van der Waals surface area contributed by atoms with E-state index >= 15 is 0 Å². The van der Waals surface area contributed by atoms with Gasteiger partial charge >= 0.3 is 0 Å². The highest BCUT2D eigenvalue weighted by Crippen LogP contribution is 2.09. The van der Waals surface area contributed by atoms with Crippen molar-refractivity contribution < 1.29 is 9.53 Å². The van der Waals surface area contributed by atoms with E-state index in [2.05, 4.69) is 10.3 Å². The topological polar surface area (TPSA) is 76.1 Å². The average Bonchev–Trinajstić information content (AvgIpc) is 2.84. The van der Waals surface area contributed by atoms with Gasteiger partial charge in [0.25, 0.3) is 5.56 Å². The number of carbonyl (C=O) groups excluding carboxylic acids is 1. The van der Waals surface area contributed by atoms with E-state index < -0.39 is 0 Å². The molecule has 2 N–H and O–H groups in total. The monoisotopic (exact) mass is 459 g/mol. The van der Waals surface area contributed by atoms with Crippen molar-refractivity contribution in [2.75, 3.05) is 0 Å². The van der Waals surface area contributed by atoms with Gasteiger partial charge in [0.1, 0.15) is 0 Å². The number of ether oxygens (including phenoxy) is 1. The maximum absolute atomic E-state index is 12.7. The Kier molecular flexibility index (Phi) is 7.44. The van der Waals surface area contributed by atoms with Crippen LogP contribution in [0.3, 0.4) is 0 Å². The van der Waals surface area contributed by atoms with Crippen LogP contribution < -0.4 is 10.9 Å². The van der Waals surface area contributed by atoms with E-state index in [1.165, 1.54) is 4.57 Å². The van der Waals surface area contributed by atoms with Crippen LogP contribution in [0.2, 0.25) is 0 Å². The van der Waals surface area contributed by atoms with E-state index in [9.17, 15) is 9.59 Å². The van der Waals surface area contributed by atoms with E-state index in [1.54, 1.807) is 12.1 Å². The van der Waals surface area contributed by atoms with Crippen LogP contribution in [0, 0.1) is 4.77 Å². The van der Waals surface area contributed by atoms with Crippen LogP contribution in [0.15, 0.2) is 83.7 Å². The van der Waals surface area contributed by atoms with Crippen LogP contribution in [0.5, 0.6) is 0 Å². The zero-order valence-electron chi connectivity index (χ0n) is 18.1. The maximum Gasteiger partial charge on any atom is 0.262 e. The van der Waals surface area contributed by atoms with Crippen LogP contribution in [-0.2, 0) is 35.8 Å². The lowest BCUT2D eigenvalue weighted by Crippen LogP contribution is -2.28. The lowest BCUT2D eigenvalue weighted by Gasteiger charge is -2.09. The Morgan fingerprint density at radius 2 is 1.52 bits per heavy atom. The van der Waals surface area contributed by atoms with Crippen molar-refractivity contribution in [3.63, 3.8) is 0 Å². The lowest BCUT2D eigenvalue weighted by atomic mass is 10.1. The van der Waals surface area contributed by atoms with Gasteiger partial charge in [-0.05, 0) is 41.0 Å². The molecular weight excluding hydrogens is 434 g/mol. The number of carbonyl (C=O) groups is 1. The van der Waals surface area contributed by atoms with Gasteiger partial charge in [-0.25, -0.2) is 0 Å². The van der Waals surface area contributed by atoms with Crippen molar-refractivity contribution in [2.24, 2.45) is 0 Å². The summed E-state index contributed by atoms with van der Waals surface area (Å²) in [7, 11) is 0. The van der Waals surface area contributed by atoms with Gasteiger partial charge in [-0.15, -0.1) is 0 Å². The van der Waals surface area contributed by atoms with Crippen molar-refractivity contribution in [2.45, 2.75) is 32.7 Å². The first-order chi connectivity index (χ1) is 16.1. The zero-order chi connectivity index (χ0) is 23.0. The number of aromatic nitrogens is 2. The second kappa shape index (κ2) is 10.8. The minimum absolute atomic E-state index is 0.139. The highest BCUT2D eigenvalue weighted by Gasteiger charge is 2.08. The third-order valence-electron chi connectivity index (χ3n) is 5.34. The first-order valence-electron chi connectivity index (χ1n) is 10.8. The normalized spacial score (nSPS) is 10.9. The molecule has 6 nitrogen and oxygen atoms in total. The minimum Gasteiger partial charge on any atom is -0.372 e. The molecule has 1 aromatic heterocycles. The summed E-state index contributed by atoms with van der Waals surface area (Å²) in [4.78, 5) is 28.0. The molecule has 0 aliphatic rings. The number of nitrogens with zero attached hydrogens (tertiary/aromatic N) is 1. The largest absolute Gasteiger partial charge is 0.372 e. The highest BCUT2D eigenvalue weighted by molar-refractivity contribution is 7.71. The molecule has 0 spiro atoms. The molecular formula is C26H25N3O3S. The van der Waals surface area contributed by atoms with Gasteiger partial charge in [0.05, 0.1) is 24.1 Å². The quantitative estimate of drug-likeness (QED) is 0.362. The highest BCUT2D eigenvalue weighted by atomic mass is 32.1. The van der Waals surface area contributed by atoms with Crippen LogP contribution in [-0.4, -0.2) is 15.5 Å². The van der Waals surface area contributed by atoms with Gasteiger partial charge in [0.2, 0.25) is 5.91 Å². The summed E-state index contributed by atoms with van der Waals surface area (Å²) in [6, 6.07) is 25.2. The number of hydrogen-bond acceptors (Lipinski definition) is 4. The molecule has 7 heteroatoms. The Bertz CT molecular complexity index is 1350. The second-order valence-electron chi connectivity index (χ2n) is 7.75. The zero-order valence-corrected chi connectivity index (χ0v) is 18.9. The molecule has 0 saturated heterocycles. The standard InChI is InChI=1S/C26H25N3O3S/c30-24(14-15-29-25(31)22-8-4-5-9-23(22)28-26(29)33)27-16-19-10-12-21(13-11-19)18-32-17-20-6-2-1-3-7-20/h1-13H,14-18H2,(H,27,30)(H,28,33). The molecule has 0 saturated carbocycles. The van der Waals surface area contributed by atoms with Gasteiger partial charge in [-0.3, -0.25) is 14.2 Å².